The molecule has 1 fully saturated rings. The zero-order valence-corrected chi connectivity index (χ0v) is 10.3. The lowest BCUT2D eigenvalue weighted by atomic mass is 9.89. The fourth-order valence-electron chi connectivity index (χ4n) is 2.54. The van der Waals surface area contributed by atoms with E-state index in [1.807, 2.05) is 6.07 Å². The summed E-state index contributed by atoms with van der Waals surface area (Å²) in [6.07, 6.45) is 5.43. The van der Waals surface area contributed by atoms with Crippen molar-refractivity contribution in [3.8, 4) is 0 Å². The number of rotatable bonds is 3. The highest BCUT2D eigenvalue weighted by atomic mass is 14.9. The highest BCUT2D eigenvalue weighted by Crippen LogP contribution is 2.37. The minimum atomic E-state index is 0.468. The van der Waals surface area contributed by atoms with Gasteiger partial charge in [0.25, 0.3) is 0 Å². The lowest BCUT2D eigenvalue weighted by Gasteiger charge is -2.25. The molecular formula is C14H22N2. The third-order valence-electron chi connectivity index (χ3n) is 3.73. The predicted octanol–water partition coefficient (Wildman–Crippen LogP) is 3.57. The molecule has 0 aromatic heterocycles. The molecule has 1 saturated carbocycles. The Bertz CT molecular complexity index is 365. The Morgan fingerprint density at radius 2 is 2.00 bits per heavy atom. The van der Waals surface area contributed by atoms with Crippen molar-refractivity contribution in [3.63, 3.8) is 0 Å². The summed E-state index contributed by atoms with van der Waals surface area (Å²) in [4.78, 5) is 0. The standard InChI is InChI=1S/C14H22N2/c1-11-5-6-12(15)13(9-11)16-10-14(2)7-3-4-8-14/h5-6,9,16H,3-4,7-8,10,15H2,1-2H3. The number of hydrogen-bond acceptors (Lipinski definition) is 2. The largest absolute Gasteiger partial charge is 0.397 e. The number of benzene rings is 1. The van der Waals surface area contributed by atoms with E-state index in [1.165, 1.54) is 31.2 Å². The van der Waals surface area contributed by atoms with Crippen LogP contribution >= 0.6 is 0 Å². The molecular weight excluding hydrogens is 196 g/mol. The average Bonchev–Trinajstić information content (AvgIpc) is 2.67. The number of nitrogen functional groups attached to an aromatic ring is 1. The maximum Gasteiger partial charge on any atom is 0.0576 e. The first kappa shape index (κ1) is 11.3. The molecule has 0 saturated heterocycles. The minimum Gasteiger partial charge on any atom is -0.397 e. The second kappa shape index (κ2) is 4.36. The second-order valence-corrected chi connectivity index (χ2v) is 5.46. The summed E-state index contributed by atoms with van der Waals surface area (Å²) in [7, 11) is 0. The SMILES string of the molecule is Cc1ccc(N)c(NCC2(C)CCCC2)c1. The van der Waals surface area contributed by atoms with Gasteiger partial charge in [0, 0.05) is 6.54 Å². The van der Waals surface area contributed by atoms with Crippen molar-refractivity contribution in [1.82, 2.24) is 0 Å². The molecule has 2 rings (SSSR count). The van der Waals surface area contributed by atoms with Gasteiger partial charge < -0.3 is 11.1 Å². The average molecular weight is 218 g/mol. The summed E-state index contributed by atoms with van der Waals surface area (Å²) in [6, 6.07) is 6.17. The topological polar surface area (TPSA) is 38.0 Å². The summed E-state index contributed by atoms with van der Waals surface area (Å²) in [5.41, 5.74) is 9.63. The number of aryl methyl sites for hydroxylation is 1. The van der Waals surface area contributed by atoms with Crippen LogP contribution in [0.2, 0.25) is 0 Å². The van der Waals surface area contributed by atoms with Crippen LogP contribution in [0.4, 0.5) is 11.4 Å². The van der Waals surface area contributed by atoms with E-state index in [1.54, 1.807) is 0 Å². The highest BCUT2D eigenvalue weighted by Gasteiger charge is 2.28. The van der Waals surface area contributed by atoms with Gasteiger partial charge in [-0.3, -0.25) is 0 Å². The lowest BCUT2D eigenvalue weighted by Crippen LogP contribution is -2.23. The van der Waals surface area contributed by atoms with Crippen molar-refractivity contribution >= 4 is 11.4 Å². The monoisotopic (exact) mass is 218 g/mol. The summed E-state index contributed by atoms with van der Waals surface area (Å²) in [6.45, 7) is 5.52. The maximum absolute atomic E-state index is 5.95. The number of nitrogens with two attached hydrogens (primary N) is 1. The summed E-state index contributed by atoms with van der Waals surface area (Å²) in [5.74, 6) is 0. The van der Waals surface area contributed by atoms with Crippen LogP contribution in [0, 0.1) is 12.3 Å². The first-order valence-electron chi connectivity index (χ1n) is 6.19. The van der Waals surface area contributed by atoms with Crippen LogP contribution in [0.3, 0.4) is 0 Å². The smallest absolute Gasteiger partial charge is 0.0576 e. The molecule has 0 bridgehead atoms. The van der Waals surface area contributed by atoms with Gasteiger partial charge in [-0.25, -0.2) is 0 Å². The van der Waals surface area contributed by atoms with Crippen LogP contribution in [-0.2, 0) is 0 Å². The van der Waals surface area contributed by atoms with Crippen LogP contribution in [0.25, 0.3) is 0 Å². The summed E-state index contributed by atoms with van der Waals surface area (Å²) < 4.78 is 0. The van der Waals surface area contributed by atoms with Gasteiger partial charge in [-0.15, -0.1) is 0 Å². The molecule has 0 unspecified atom stereocenters. The second-order valence-electron chi connectivity index (χ2n) is 5.46. The van der Waals surface area contributed by atoms with Gasteiger partial charge in [0.2, 0.25) is 0 Å². The zero-order valence-electron chi connectivity index (χ0n) is 10.3. The molecule has 88 valence electrons. The number of anilines is 2. The molecule has 1 aliphatic carbocycles. The normalized spacial score (nSPS) is 18.6. The molecule has 1 aliphatic rings. The van der Waals surface area contributed by atoms with Gasteiger partial charge in [-0.05, 0) is 42.9 Å². The first-order chi connectivity index (χ1) is 7.59. The van der Waals surface area contributed by atoms with Crippen molar-refractivity contribution < 1.29 is 0 Å². The Labute approximate surface area is 98.2 Å². The molecule has 2 heteroatoms. The Balaban J connectivity index is 2.01. The molecule has 0 heterocycles. The van der Waals surface area contributed by atoms with Crippen LogP contribution in [-0.4, -0.2) is 6.54 Å². The first-order valence-corrected chi connectivity index (χ1v) is 6.19. The van der Waals surface area contributed by atoms with Crippen molar-refractivity contribution in [3.05, 3.63) is 23.8 Å². The minimum absolute atomic E-state index is 0.468. The Kier molecular flexibility index (Phi) is 3.08. The Morgan fingerprint density at radius 3 is 2.69 bits per heavy atom. The Hall–Kier alpha value is -1.18. The van der Waals surface area contributed by atoms with Crippen molar-refractivity contribution in [1.29, 1.82) is 0 Å². The van der Waals surface area contributed by atoms with E-state index in [0.29, 0.717) is 5.41 Å². The van der Waals surface area contributed by atoms with Gasteiger partial charge in [-0.1, -0.05) is 25.8 Å². The lowest BCUT2D eigenvalue weighted by molar-refractivity contribution is 0.362. The van der Waals surface area contributed by atoms with Gasteiger partial charge in [0.05, 0.1) is 11.4 Å². The third kappa shape index (κ3) is 2.49. The molecule has 0 atom stereocenters. The highest BCUT2D eigenvalue weighted by molar-refractivity contribution is 5.66. The molecule has 3 N–H and O–H groups in total. The maximum atomic E-state index is 5.95. The number of hydrogen-bond donors (Lipinski definition) is 2. The fraction of sp³-hybridized carbons (Fsp3) is 0.571. The van der Waals surface area contributed by atoms with E-state index >= 15 is 0 Å². The molecule has 0 amide bonds. The van der Waals surface area contributed by atoms with Crippen molar-refractivity contribution in [2.75, 3.05) is 17.6 Å². The van der Waals surface area contributed by atoms with Gasteiger partial charge in [-0.2, -0.15) is 0 Å². The molecule has 1 aromatic rings. The predicted molar refractivity (Wildman–Crippen MR) is 70.7 cm³/mol. The molecule has 1 aromatic carbocycles. The molecule has 2 nitrogen and oxygen atoms in total. The quantitative estimate of drug-likeness (QED) is 0.761. The van der Waals surface area contributed by atoms with Crippen molar-refractivity contribution in [2.24, 2.45) is 5.41 Å². The third-order valence-corrected chi connectivity index (χ3v) is 3.73. The molecule has 0 spiro atoms. The van der Waals surface area contributed by atoms with E-state index in [-0.39, 0.29) is 0 Å². The number of nitrogens with one attached hydrogen (secondary N) is 1. The van der Waals surface area contributed by atoms with Crippen LogP contribution in [0.1, 0.15) is 38.2 Å². The van der Waals surface area contributed by atoms with Gasteiger partial charge in [0.1, 0.15) is 0 Å². The summed E-state index contributed by atoms with van der Waals surface area (Å²) >= 11 is 0. The summed E-state index contributed by atoms with van der Waals surface area (Å²) in [5, 5.41) is 3.51. The molecule has 0 radical (unpaired) electrons. The molecule has 16 heavy (non-hydrogen) atoms. The zero-order chi connectivity index (χ0) is 11.6. The van der Waals surface area contributed by atoms with Crippen LogP contribution in [0.5, 0.6) is 0 Å². The van der Waals surface area contributed by atoms with Gasteiger partial charge >= 0.3 is 0 Å². The van der Waals surface area contributed by atoms with E-state index in [2.05, 4.69) is 31.3 Å². The van der Waals surface area contributed by atoms with Crippen LogP contribution < -0.4 is 11.1 Å². The van der Waals surface area contributed by atoms with E-state index in [4.69, 9.17) is 5.73 Å². The van der Waals surface area contributed by atoms with Crippen LogP contribution in [0.15, 0.2) is 18.2 Å². The fourth-order valence-corrected chi connectivity index (χ4v) is 2.54. The van der Waals surface area contributed by atoms with E-state index in [0.717, 1.165) is 17.9 Å². The van der Waals surface area contributed by atoms with E-state index < -0.39 is 0 Å². The molecule has 0 aliphatic heterocycles. The van der Waals surface area contributed by atoms with Crippen molar-refractivity contribution in [2.45, 2.75) is 39.5 Å². The van der Waals surface area contributed by atoms with Gasteiger partial charge in [0.15, 0.2) is 0 Å². The van der Waals surface area contributed by atoms with E-state index in [9.17, 15) is 0 Å². The Morgan fingerprint density at radius 1 is 1.31 bits per heavy atom.